The summed E-state index contributed by atoms with van der Waals surface area (Å²) in [5.41, 5.74) is 18.5. The van der Waals surface area contributed by atoms with E-state index in [0.717, 1.165) is 0 Å². The smallest absolute Gasteiger partial charge is 0.326 e. The molecular weight excluding hydrogens is 704 g/mol. The predicted molar refractivity (Wildman–Crippen MR) is 194 cm³/mol. The number of nitrogens with two attached hydrogens (primary N) is 3. The Labute approximate surface area is 311 Å². The van der Waals surface area contributed by atoms with Crippen molar-refractivity contribution in [3.63, 3.8) is 0 Å². The van der Waals surface area contributed by atoms with Crippen molar-refractivity contribution >= 4 is 35.5 Å². The second kappa shape index (κ2) is 22.4. The molecule has 0 aliphatic heterocycles. The molecule has 3 rings (SSSR count). The summed E-state index contributed by atoms with van der Waals surface area (Å²) in [6.45, 7) is 2.17. The molecule has 0 bridgehead atoms. The zero-order valence-corrected chi connectivity index (χ0v) is 30.2. The van der Waals surface area contributed by atoms with Crippen LogP contribution in [0.25, 0.3) is 0 Å². The van der Waals surface area contributed by atoms with Crippen LogP contribution in [0.2, 0.25) is 0 Å². The number of aliphatic carboxylic acids is 1. The molecular formula is C33H52N14O7. The van der Waals surface area contributed by atoms with E-state index in [9.17, 15) is 33.9 Å². The third kappa shape index (κ3) is 14.4. The Hall–Kier alpha value is -5.67. The van der Waals surface area contributed by atoms with Crippen LogP contribution in [-0.4, -0.2) is 120 Å². The standard InChI is InChI=1S/C33H52N14O7/c1-19(36)28(48)43-23(6-2-4-8-34)29(49)45-25(10-20-13-37-16-40-20)31(51)44-24(7-3-5-9-35)30(50)46-26(11-21-14-38-17-41-21)32(52)47-27(33(53)54)12-22-15-39-18-42-22/h13-19,23-27H,2-12,34-36H2,1H3,(H,37,40)(H,38,41)(H,39,42)(H,43,48)(H,44,51)(H,45,49)(H,46,50)(H,47,52)(H,53,54)/t19-,23-,24-,25-,26-,27-/m0/s1. The molecule has 296 valence electrons. The third-order valence-electron chi connectivity index (χ3n) is 8.39. The van der Waals surface area contributed by atoms with Gasteiger partial charge in [0.25, 0.3) is 0 Å². The normalized spacial score (nSPS) is 14.4. The molecule has 21 heteroatoms. The van der Waals surface area contributed by atoms with Gasteiger partial charge in [-0.3, -0.25) is 24.0 Å². The van der Waals surface area contributed by atoms with E-state index in [-0.39, 0.29) is 32.1 Å². The van der Waals surface area contributed by atoms with E-state index < -0.39 is 71.8 Å². The maximum absolute atomic E-state index is 14.0. The molecule has 3 aromatic heterocycles. The summed E-state index contributed by atoms with van der Waals surface area (Å²) in [6.07, 6.45) is 10.7. The van der Waals surface area contributed by atoms with Gasteiger partial charge >= 0.3 is 5.97 Å². The lowest BCUT2D eigenvalue weighted by Gasteiger charge is -2.27. The van der Waals surface area contributed by atoms with Gasteiger partial charge in [0.05, 0.1) is 25.0 Å². The number of aromatic amines is 3. The number of amides is 5. The highest BCUT2D eigenvalue weighted by Crippen LogP contribution is 2.09. The number of carbonyl (C=O) groups is 6. The molecule has 0 saturated carbocycles. The first-order valence-electron chi connectivity index (χ1n) is 17.7. The van der Waals surface area contributed by atoms with Crippen LogP contribution in [0.15, 0.2) is 37.6 Å². The molecule has 0 aliphatic rings. The lowest BCUT2D eigenvalue weighted by molar-refractivity contribution is -0.142. The Balaban J connectivity index is 1.84. The Kier molecular flexibility index (Phi) is 17.7. The number of hydrogen-bond acceptors (Lipinski definition) is 12. The summed E-state index contributed by atoms with van der Waals surface area (Å²) in [6, 6.07) is -7.02. The summed E-state index contributed by atoms with van der Waals surface area (Å²) in [7, 11) is 0. The monoisotopic (exact) mass is 756 g/mol. The van der Waals surface area contributed by atoms with Gasteiger partial charge in [0, 0.05) is 54.9 Å². The summed E-state index contributed by atoms with van der Waals surface area (Å²) in [5, 5.41) is 23.0. The lowest BCUT2D eigenvalue weighted by atomic mass is 10.0. The van der Waals surface area contributed by atoms with E-state index in [4.69, 9.17) is 17.2 Å². The van der Waals surface area contributed by atoms with Gasteiger partial charge in [-0.2, -0.15) is 0 Å². The third-order valence-corrected chi connectivity index (χ3v) is 8.39. The van der Waals surface area contributed by atoms with Crippen molar-refractivity contribution in [3.05, 3.63) is 54.7 Å². The number of nitrogens with one attached hydrogen (secondary N) is 8. The van der Waals surface area contributed by atoms with Crippen molar-refractivity contribution in [2.45, 2.75) is 101 Å². The van der Waals surface area contributed by atoms with Crippen LogP contribution in [0, 0.1) is 0 Å². The minimum atomic E-state index is -1.36. The average Bonchev–Trinajstić information content (AvgIpc) is 3.95. The van der Waals surface area contributed by atoms with Gasteiger partial charge in [0.15, 0.2) is 0 Å². The van der Waals surface area contributed by atoms with Crippen LogP contribution >= 0.6 is 0 Å². The topological polar surface area (TPSA) is 347 Å². The van der Waals surface area contributed by atoms with E-state index >= 15 is 0 Å². The largest absolute Gasteiger partial charge is 0.480 e. The zero-order chi connectivity index (χ0) is 39.5. The molecule has 0 saturated heterocycles. The number of nitrogens with zero attached hydrogens (tertiary/aromatic N) is 3. The second-order valence-electron chi connectivity index (χ2n) is 12.8. The molecule has 15 N–H and O–H groups in total. The van der Waals surface area contributed by atoms with E-state index in [1.807, 2.05) is 0 Å². The Morgan fingerprint density at radius 3 is 1.24 bits per heavy atom. The van der Waals surface area contributed by atoms with Crippen LogP contribution in [0.1, 0.15) is 62.5 Å². The van der Waals surface area contributed by atoms with Crippen molar-refractivity contribution in [2.24, 2.45) is 17.2 Å². The Morgan fingerprint density at radius 2 is 0.907 bits per heavy atom. The average molecular weight is 757 g/mol. The van der Waals surface area contributed by atoms with E-state index in [0.29, 0.717) is 55.9 Å². The molecule has 5 amide bonds. The number of H-pyrrole nitrogens is 3. The van der Waals surface area contributed by atoms with Gasteiger partial charge in [-0.1, -0.05) is 0 Å². The van der Waals surface area contributed by atoms with Crippen LogP contribution in [-0.2, 0) is 48.0 Å². The highest BCUT2D eigenvalue weighted by atomic mass is 16.4. The fraction of sp³-hybridized carbons (Fsp3) is 0.545. The summed E-state index contributed by atoms with van der Waals surface area (Å²) >= 11 is 0. The summed E-state index contributed by atoms with van der Waals surface area (Å²) < 4.78 is 0. The first-order valence-corrected chi connectivity index (χ1v) is 17.7. The van der Waals surface area contributed by atoms with Gasteiger partial charge in [0.2, 0.25) is 29.5 Å². The quantitative estimate of drug-likeness (QED) is 0.0384. The van der Waals surface area contributed by atoms with E-state index in [1.165, 1.54) is 44.5 Å². The number of carboxylic acid groups (broad SMARTS) is 1. The van der Waals surface area contributed by atoms with Crippen LogP contribution in [0.3, 0.4) is 0 Å². The Morgan fingerprint density at radius 1 is 0.574 bits per heavy atom. The molecule has 0 fully saturated rings. The molecule has 6 atom stereocenters. The van der Waals surface area contributed by atoms with Gasteiger partial charge in [-0.15, -0.1) is 0 Å². The maximum atomic E-state index is 14.0. The van der Waals surface area contributed by atoms with Crippen molar-refractivity contribution in [3.8, 4) is 0 Å². The number of aromatic nitrogens is 6. The van der Waals surface area contributed by atoms with Crippen molar-refractivity contribution in [1.29, 1.82) is 0 Å². The number of rotatable bonds is 25. The number of hydrogen-bond donors (Lipinski definition) is 12. The molecule has 0 spiro atoms. The molecule has 3 aromatic rings. The van der Waals surface area contributed by atoms with Crippen molar-refractivity contribution < 1.29 is 33.9 Å². The second-order valence-corrected chi connectivity index (χ2v) is 12.8. The first-order chi connectivity index (χ1) is 25.9. The summed E-state index contributed by atoms with van der Waals surface area (Å²) in [5.74, 6) is -4.78. The van der Waals surface area contributed by atoms with Crippen LogP contribution in [0.4, 0.5) is 0 Å². The van der Waals surface area contributed by atoms with Crippen molar-refractivity contribution in [1.82, 2.24) is 56.5 Å². The van der Waals surface area contributed by atoms with Gasteiger partial charge in [-0.25, -0.2) is 19.7 Å². The molecule has 21 nitrogen and oxygen atoms in total. The predicted octanol–water partition coefficient (Wildman–Crippen LogP) is -3.00. The lowest BCUT2D eigenvalue weighted by Crippen LogP contribution is -2.60. The maximum Gasteiger partial charge on any atom is 0.326 e. The number of carbonyl (C=O) groups excluding carboxylic acids is 5. The molecule has 54 heavy (non-hydrogen) atoms. The first kappa shape index (κ1) is 42.7. The van der Waals surface area contributed by atoms with Crippen LogP contribution < -0.4 is 43.8 Å². The highest BCUT2D eigenvalue weighted by molar-refractivity contribution is 5.96. The number of unbranched alkanes of at least 4 members (excludes halogenated alkanes) is 2. The van der Waals surface area contributed by atoms with Crippen molar-refractivity contribution in [2.75, 3.05) is 13.1 Å². The minimum absolute atomic E-state index is 0.0523. The highest BCUT2D eigenvalue weighted by Gasteiger charge is 2.33. The zero-order valence-electron chi connectivity index (χ0n) is 30.2. The molecule has 0 aliphatic carbocycles. The van der Waals surface area contributed by atoms with Crippen LogP contribution in [0.5, 0.6) is 0 Å². The number of imidazole rings is 3. The van der Waals surface area contributed by atoms with Gasteiger partial charge in [0.1, 0.15) is 30.2 Å². The SMILES string of the molecule is C[C@H](N)C(=O)N[C@@H](CCCCN)C(=O)N[C@@H](Cc1cnc[nH]1)C(=O)N[C@@H](CCCCN)C(=O)N[C@@H](Cc1cnc[nH]1)C(=O)N[C@@H](Cc1cnc[nH]1)C(=O)O. The molecule has 3 heterocycles. The molecule has 0 radical (unpaired) electrons. The number of carboxylic acids is 1. The van der Waals surface area contributed by atoms with Gasteiger partial charge in [-0.05, 0) is 58.5 Å². The van der Waals surface area contributed by atoms with E-state index in [1.54, 1.807) is 0 Å². The fourth-order valence-electron chi connectivity index (χ4n) is 5.38. The Bertz CT molecular complexity index is 1600. The molecule has 0 unspecified atom stereocenters. The summed E-state index contributed by atoms with van der Waals surface area (Å²) in [4.78, 5) is 99.9. The van der Waals surface area contributed by atoms with Gasteiger partial charge < -0.3 is 63.8 Å². The minimum Gasteiger partial charge on any atom is -0.480 e. The fourth-order valence-corrected chi connectivity index (χ4v) is 5.38. The molecule has 0 aromatic carbocycles. The van der Waals surface area contributed by atoms with E-state index in [2.05, 4.69) is 56.5 Å².